The maximum Gasteiger partial charge on any atom is 0.243 e. The number of anilines is 1. The number of hydrogen-bond donors (Lipinski definition) is 1. The van der Waals surface area contributed by atoms with Gasteiger partial charge in [-0.15, -0.1) is 0 Å². The number of benzene rings is 2. The zero-order chi connectivity index (χ0) is 21.7. The molecule has 1 unspecified atom stereocenters. The third-order valence-electron chi connectivity index (χ3n) is 5.90. The average Bonchev–Trinajstić information content (AvgIpc) is 3.31. The van der Waals surface area contributed by atoms with E-state index < -0.39 is 16.1 Å². The molecule has 4 rings (SSSR count). The van der Waals surface area contributed by atoms with Crippen molar-refractivity contribution in [2.45, 2.75) is 30.2 Å². The van der Waals surface area contributed by atoms with Gasteiger partial charge < -0.3 is 10.2 Å². The van der Waals surface area contributed by atoms with Gasteiger partial charge in [-0.2, -0.15) is 16.1 Å². The second kappa shape index (κ2) is 10.2. The minimum Gasteiger partial charge on any atom is -0.325 e. The van der Waals surface area contributed by atoms with Crippen molar-refractivity contribution in [2.24, 2.45) is 0 Å². The Labute approximate surface area is 189 Å². The van der Waals surface area contributed by atoms with Crippen LogP contribution >= 0.6 is 11.8 Å². The highest BCUT2D eigenvalue weighted by atomic mass is 32.2. The lowest BCUT2D eigenvalue weighted by molar-refractivity contribution is -0.119. The number of hydrogen-bond acceptors (Lipinski definition) is 5. The molecule has 1 atom stereocenters. The van der Waals surface area contributed by atoms with Crippen molar-refractivity contribution in [1.29, 1.82) is 0 Å². The average molecular weight is 460 g/mol. The fourth-order valence-electron chi connectivity index (χ4n) is 4.11. The number of nitrogens with zero attached hydrogens (tertiary/aromatic N) is 2. The van der Waals surface area contributed by atoms with Crippen molar-refractivity contribution in [3.05, 3.63) is 60.2 Å². The van der Waals surface area contributed by atoms with Crippen molar-refractivity contribution >= 4 is 33.4 Å². The lowest BCUT2D eigenvalue weighted by atomic mass is 10.1. The molecule has 0 radical (unpaired) electrons. The first kappa shape index (κ1) is 22.3. The van der Waals surface area contributed by atoms with E-state index in [1.165, 1.54) is 21.4 Å². The van der Waals surface area contributed by atoms with E-state index in [1.807, 2.05) is 36.0 Å². The molecule has 2 fully saturated rings. The summed E-state index contributed by atoms with van der Waals surface area (Å²) < 4.78 is 27.3. The van der Waals surface area contributed by atoms with Gasteiger partial charge >= 0.3 is 0 Å². The molecular weight excluding hydrogens is 430 g/mol. The summed E-state index contributed by atoms with van der Waals surface area (Å²) in [5.74, 6) is 2.15. The lowest BCUT2D eigenvalue weighted by Crippen LogP contribution is -2.43. The van der Waals surface area contributed by atoms with Crippen LogP contribution in [0.1, 0.15) is 18.4 Å². The normalized spacial score (nSPS) is 20.6. The summed E-state index contributed by atoms with van der Waals surface area (Å²) >= 11 is 2.02. The van der Waals surface area contributed by atoms with Gasteiger partial charge in [0.05, 0.1) is 4.90 Å². The van der Waals surface area contributed by atoms with Crippen LogP contribution in [-0.4, -0.2) is 67.3 Å². The number of thioether (sulfide) groups is 1. The van der Waals surface area contributed by atoms with Gasteiger partial charge in [-0.1, -0.05) is 30.3 Å². The van der Waals surface area contributed by atoms with E-state index in [0.717, 1.165) is 26.1 Å². The van der Waals surface area contributed by atoms with Crippen LogP contribution in [0.3, 0.4) is 0 Å². The van der Waals surface area contributed by atoms with Crippen molar-refractivity contribution in [1.82, 2.24) is 9.21 Å². The highest BCUT2D eigenvalue weighted by Gasteiger charge is 2.39. The van der Waals surface area contributed by atoms with Crippen molar-refractivity contribution in [2.75, 3.05) is 43.0 Å². The van der Waals surface area contributed by atoms with E-state index in [1.54, 1.807) is 30.3 Å². The molecule has 6 nitrogen and oxygen atoms in total. The maximum absolute atomic E-state index is 13.0. The van der Waals surface area contributed by atoms with Gasteiger partial charge in [-0.3, -0.25) is 4.79 Å². The SMILES string of the molecule is O=C(Nc1ccc(CCN2CCSCC2)cc1)C1CCCN1S(=O)(=O)c1ccccc1. The Balaban J connectivity index is 1.36. The number of rotatable bonds is 7. The lowest BCUT2D eigenvalue weighted by Gasteiger charge is -2.26. The molecule has 0 aromatic heterocycles. The summed E-state index contributed by atoms with van der Waals surface area (Å²) in [5, 5.41) is 2.91. The molecule has 0 aliphatic carbocycles. The van der Waals surface area contributed by atoms with Gasteiger partial charge in [-0.25, -0.2) is 8.42 Å². The molecule has 166 valence electrons. The number of carbonyl (C=O) groups is 1. The zero-order valence-electron chi connectivity index (χ0n) is 17.6. The summed E-state index contributed by atoms with van der Waals surface area (Å²) in [6.07, 6.45) is 2.20. The van der Waals surface area contributed by atoms with E-state index in [-0.39, 0.29) is 10.8 Å². The van der Waals surface area contributed by atoms with Gasteiger partial charge in [0, 0.05) is 43.4 Å². The van der Waals surface area contributed by atoms with E-state index >= 15 is 0 Å². The largest absolute Gasteiger partial charge is 0.325 e. The van der Waals surface area contributed by atoms with Gasteiger partial charge in [0.1, 0.15) is 6.04 Å². The molecule has 8 heteroatoms. The minimum atomic E-state index is -3.68. The highest BCUT2D eigenvalue weighted by molar-refractivity contribution is 7.99. The molecule has 0 bridgehead atoms. The molecule has 2 aromatic rings. The molecule has 0 spiro atoms. The summed E-state index contributed by atoms with van der Waals surface area (Å²) in [4.78, 5) is 15.6. The van der Waals surface area contributed by atoms with Crippen LogP contribution in [0.2, 0.25) is 0 Å². The molecule has 2 heterocycles. The van der Waals surface area contributed by atoms with E-state index in [4.69, 9.17) is 0 Å². The van der Waals surface area contributed by atoms with Crippen LogP contribution < -0.4 is 5.32 Å². The summed E-state index contributed by atoms with van der Waals surface area (Å²) in [6.45, 7) is 3.73. The predicted octanol–water partition coefficient (Wildman–Crippen LogP) is 3.07. The van der Waals surface area contributed by atoms with Crippen LogP contribution in [0.5, 0.6) is 0 Å². The Hall–Kier alpha value is -1.87. The monoisotopic (exact) mass is 459 g/mol. The van der Waals surface area contributed by atoms with Crippen molar-refractivity contribution in [3.8, 4) is 0 Å². The molecular formula is C23H29N3O3S2. The fourth-order valence-corrected chi connectivity index (χ4v) is 6.77. The smallest absolute Gasteiger partial charge is 0.243 e. The Morgan fingerprint density at radius 1 is 1.00 bits per heavy atom. The number of sulfonamides is 1. The van der Waals surface area contributed by atoms with E-state index in [0.29, 0.717) is 25.1 Å². The molecule has 31 heavy (non-hydrogen) atoms. The second-order valence-corrected chi connectivity index (χ2v) is 11.1. The highest BCUT2D eigenvalue weighted by Crippen LogP contribution is 2.27. The molecule has 1 N–H and O–H groups in total. The summed E-state index contributed by atoms with van der Waals surface area (Å²) in [6, 6.07) is 15.5. The first-order valence-electron chi connectivity index (χ1n) is 10.8. The van der Waals surface area contributed by atoms with E-state index in [2.05, 4.69) is 10.2 Å². The number of carbonyl (C=O) groups excluding carboxylic acids is 1. The first-order valence-corrected chi connectivity index (χ1v) is 13.4. The number of amides is 1. The quantitative estimate of drug-likeness (QED) is 0.689. The Morgan fingerprint density at radius 2 is 1.71 bits per heavy atom. The third kappa shape index (κ3) is 5.49. The summed E-state index contributed by atoms with van der Waals surface area (Å²) in [5.41, 5.74) is 1.94. The Bertz CT molecular complexity index is 975. The standard InChI is InChI=1S/C23H29N3O3S2/c27-23(22-7-4-13-26(22)31(28,29)21-5-2-1-3-6-21)24-20-10-8-19(9-11-20)12-14-25-15-17-30-18-16-25/h1-3,5-6,8-11,22H,4,7,12-18H2,(H,24,27). The molecule has 2 aliphatic rings. The molecule has 0 saturated carbocycles. The Kier molecular flexibility index (Phi) is 7.32. The number of nitrogens with one attached hydrogen (secondary N) is 1. The zero-order valence-corrected chi connectivity index (χ0v) is 19.2. The topological polar surface area (TPSA) is 69.7 Å². The van der Waals surface area contributed by atoms with Crippen LogP contribution in [0.25, 0.3) is 0 Å². The van der Waals surface area contributed by atoms with Gasteiger partial charge in [0.15, 0.2) is 0 Å². The van der Waals surface area contributed by atoms with Gasteiger partial charge in [0.2, 0.25) is 15.9 Å². The van der Waals surface area contributed by atoms with Crippen LogP contribution in [0, 0.1) is 0 Å². The van der Waals surface area contributed by atoms with Crippen LogP contribution in [-0.2, 0) is 21.2 Å². The van der Waals surface area contributed by atoms with Gasteiger partial charge in [-0.05, 0) is 49.1 Å². The minimum absolute atomic E-state index is 0.228. The van der Waals surface area contributed by atoms with Gasteiger partial charge in [0.25, 0.3) is 0 Å². The summed E-state index contributed by atoms with van der Waals surface area (Å²) in [7, 11) is -3.68. The molecule has 2 saturated heterocycles. The second-order valence-electron chi connectivity index (χ2n) is 7.98. The van der Waals surface area contributed by atoms with Crippen LogP contribution in [0.4, 0.5) is 5.69 Å². The predicted molar refractivity (Wildman–Crippen MR) is 126 cm³/mol. The van der Waals surface area contributed by atoms with Crippen molar-refractivity contribution in [3.63, 3.8) is 0 Å². The molecule has 2 aliphatic heterocycles. The molecule has 1 amide bonds. The molecule has 2 aromatic carbocycles. The van der Waals surface area contributed by atoms with Crippen LogP contribution in [0.15, 0.2) is 59.5 Å². The maximum atomic E-state index is 13.0. The van der Waals surface area contributed by atoms with Crippen molar-refractivity contribution < 1.29 is 13.2 Å². The van der Waals surface area contributed by atoms with E-state index in [9.17, 15) is 13.2 Å². The fraction of sp³-hybridized carbons (Fsp3) is 0.435. The first-order chi connectivity index (χ1) is 15.0. The third-order valence-corrected chi connectivity index (χ3v) is 8.76. The Morgan fingerprint density at radius 3 is 2.42 bits per heavy atom.